The molecule has 0 atom stereocenters. The van der Waals surface area contributed by atoms with Gasteiger partial charge in [0, 0.05) is 29.0 Å². The molecule has 0 saturated heterocycles. The average Bonchev–Trinajstić information content (AvgIpc) is 3.34. The predicted octanol–water partition coefficient (Wildman–Crippen LogP) is 4.06. The Bertz CT molecular complexity index is 2190. The SMILES string of the molecule is CS(=O)(=O)c1ccccc1OS(=O)(=O)c1ccc2[nH]nc(NC(=O)c3ccccc3-c3ccccc3S(C)(=O)=O)c2c1. The number of aromatic nitrogens is 2. The van der Waals surface area contributed by atoms with Crippen LogP contribution in [0.15, 0.2) is 106 Å². The standard InChI is InChI=1S/C28H23N3O8S3/c1-40(33,34)25-13-7-5-10-20(25)19-9-3-4-11-21(19)28(32)29-27-22-17-18(15-16-23(22)30-31-27)42(37,38)39-24-12-6-8-14-26(24)41(2,35)36/h3-17H,1-2H3,(H2,29,30,31,32). The number of nitrogens with one attached hydrogen (secondary N) is 2. The van der Waals surface area contributed by atoms with Crippen LogP contribution in [0.25, 0.3) is 22.0 Å². The van der Waals surface area contributed by atoms with Crippen LogP contribution in [0.5, 0.6) is 5.75 Å². The summed E-state index contributed by atoms with van der Waals surface area (Å²) in [6, 6.07) is 22.0. The maximum absolute atomic E-state index is 13.5. The Labute approximate surface area is 242 Å². The molecular formula is C28H23N3O8S3. The highest BCUT2D eigenvalue weighted by Crippen LogP contribution is 2.32. The number of rotatable bonds is 8. The minimum atomic E-state index is -4.50. The Morgan fingerprint density at radius 2 is 1.33 bits per heavy atom. The molecule has 5 aromatic rings. The number of anilines is 1. The van der Waals surface area contributed by atoms with E-state index in [0.717, 1.165) is 12.5 Å². The van der Waals surface area contributed by atoms with E-state index in [2.05, 4.69) is 15.5 Å². The molecule has 1 aromatic heterocycles. The molecule has 0 aliphatic carbocycles. The van der Waals surface area contributed by atoms with Gasteiger partial charge in [-0.05, 0) is 48.0 Å². The van der Waals surface area contributed by atoms with Gasteiger partial charge in [0.2, 0.25) is 0 Å². The van der Waals surface area contributed by atoms with E-state index in [9.17, 15) is 30.0 Å². The summed E-state index contributed by atoms with van der Waals surface area (Å²) < 4.78 is 80.5. The molecule has 11 nitrogen and oxygen atoms in total. The van der Waals surface area contributed by atoms with Crippen molar-refractivity contribution in [1.29, 1.82) is 0 Å². The molecule has 2 N–H and O–H groups in total. The number of carbonyl (C=O) groups excluding carboxylic acids is 1. The van der Waals surface area contributed by atoms with Crippen molar-refractivity contribution in [2.24, 2.45) is 0 Å². The minimum absolute atomic E-state index is 0.00906. The van der Waals surface area contributed by atoms with Crippen LogP contribution in [0.1, 0.15) is 10.4 Å². The van der Waals surface area contributed by atoms with Crippen LogP contribution in [0.3, 0.4) is 0 Å². The van der Waals surface area contributed by atoms with Crippen LogP contribution in [0, 0.1) is 0 Å². The fraction of sp³-hybridized carbons (Fsp3) is 0.0714. The Balaban J connectivity index is 1.50. The molecule has 0 radical (unpaired) electrons. The monoisotopic (exact) mass is 625 g/mol. The van der Waals surface area contributed by atoms with Crippen molar-refractivity contribution in [2.75, 3.05) is 17.8 Å². The van der Waals surface area contributed by atoms with Crippen molar-refractivity contribution < 1.29 is 34.2 Å². The maximum Gasteiger partial charge on any atom is 0.339 e. The summed E-state index contributed by atoms with van der Waals surface area (Å²) in [5.41, 5.74) is 1.28. The number of amides is 1. The number of benzene rings is 4. The third-order valence-electron chi connectivity index (χ3n) is 6.25. The van der Waals surface area contributed by atoms with E-state index >= 15 is 0 Å². The largest absolute Gasteiger partial charge is 0.378 e. The predicted molar refractivity (Wildman–Crippen MR) is 156 cm³/mol. The number of para-hydroxylation sites is 1. The second-order valence-electron chi connectivity index (χ2n) is 9.30. The molecule has 216 valence electrons. The molecule has 0 fully saturated rings. The van der Waals surface area contributed by atoms with Crippen molar-refractivity contribution in [1.82, 2.24) is 10.2 Å². The summed E-state index contributed by atoms with van der Waals surface area (Å²) in [4.78, 5) is 12.9. The van der Waals surface area contributed by atoms with Gasteiger partial charge in [0.25, 0.3) is 5.91 Å². The summed E-state index contributed by atoms with van der Waals surface area (Å²) in [6.07, 6.45) is 2.02. The fourth-order valence-corrected chi connectivity index (χ4v) is 7.07. The molecular weight excluding hydrogens is 603 g/mol. The third kappa shape index (κ3) is 5.77. The number of aromatic amines is 1. The van der Waals surface area contributed by atoms with Gasteiger partial charge >= 0.3 is 10.1 Å². The van der Waals surface area contributed by atoms with Gasteiger partial charge in [0.1, 0.15) is 9.79 Å². The normalized spacial score (nSPS) is 12.2. The molecule has 5 rings (SSSR count). The van der Waals surface area contributed by atoms with Gasteiger partial charge in [-0.1, -0.05) is 48.5 Å². The first-order valence-corrected chi connectivity index (χ1v) is 17.4. The van der Waals surface area contributed by atoms with Crippen molar-refractivity contribution >= 4 is 52.4 Å². The Morgan fingerprint density at radius 3 is 2.02 bits per heavy atom. The van der Waals surface area contributed by atoms with Crippen molar-refractivity contribution in [3.63, 3.8) is 0 Å². The molecule has 0 saturated carbocycles. The van der Waals surface area contributed by atoms with Crippen molar-refractivity contribution in [3.05, 3.63) is 96.6 Å². The highest BCUT2D eigenvalue weighted by atomic mass is 32.2. The van der Waals surface area contributed by atoms with Crippen molar-refractivity contribution in [3.8, 4) is 16.9 Å². The number of nitrogens with zero attached hydrogens (tertiary/aromatic N) is 1. The van der Waals surface area contributed by atoms with Crippen LogP contribution < -0.4 is 9.50 Å². The maximum atomic E-state index is 13.5. The van der Waals surface area contributed by atoms with E-state index in [1.807, 2.05) is 0 Å². The summed E-state index contributed by atoms with van der Waals surface area (Å²) in [5.74, 6) is -0.963. The quantitative estimate of drug-likeness (QED) is 0.242. The van der Waals surface area contributed by atoms with Gasteiger partial charge in [-0.3, -0.25) is 9.89 Å². The van der Waals surface area contributed by atoms with Gasteiger partial charge in [0.15, 0.2) is 31.2 Å². The lowest BCUT2D eigenvalue weighted by Crippen LogP contribution is -2.14. The topological polar surface area (TPSA) is 169 Å². The smallest absolute Gasteiger partial charge is 0.339 e. The molecule has 0 bridgehead atoms. The summed E-state index contributed by atoms with van der Waals surface area (Å²) in [6.45, 7) is 0. The number of H-pyrrole nitrogens is 1. The molecule has 0 unspecified atom stereocenters. The first-order chi connectivity index (χ1) is 19.8. The second-order valence-corrected chi connectivity index (χ2v) is 14.8. The number of sulfone groups is 2. The molecule has 42 heavy (non-hydrogen) atoms. The van der Waals surface area contributed by atoms with E-state index in [0.29, 0.717) is 16.6 Å². The Morgan fingerprint density at radius 1 is 0.738 bits per heavy atom. The van der Waals surface area contributed by atoms with Gasteiger partial charge in [-0.15, -0.1) is 0 Å². The van der Waals surface area contributed by atoms with Crippen molar-refractivity contribution in [2.45, 2.75) is 14.7 Å². The summed E-state index contributed by atoms with van der Waals surface area (Å²) >= 11 is 0. The lowest BCUT2D eigenvalue weighted by Gasteiger charge is -2.13. The van der Waals surface area contributed by atoms with Gasteiger partial charge < -0.3 is 9.50 Å². The zero-order valence-corrected chi connectivity index (χ0v) is 24.5. The first kappa shape index (κ1) is 29.0. The lowest BCUT2D eigenvalue weighted by atomic mass is 9.99. The van der Waals surface area contributed by atoms with E-state index in [4.69, 9.17) is 4.18 Å². The molecule has 1 heterocycles. The number of hydrogen-bond acceptors (Lipinski definition) is 9. The van der Waals surface area contributed by atoms with E-state index < -0.39 is 35.7 Å². The average molecular weight is 626 g/mol. The third-order valence-corrected chi connectivity index (χ3v) is 9.77. The van der Waals surface area contributed by atoms with Crippen LogP contribution in [-0.2, 0) is 29.8 Å². The van der Waals surface area contributed by atoms with Gasteiger partial charge in [-0.25, -0.2) is 16.8 Å². The lowest BCUT2D eigenvalue weighted by molar-refractivity contribution is 0.102. The van der Waals surface area contributed by atoms with Gasteiger partial charge in [0.05, 0.1) is 10.4 Å². The van der Waals surface area contributed by atoms with Gasteiger partial charge in [-0.2, -0.15) is 13.5 Å². The minimum Gasteiger partial charge on any atom is -0.378 e. The summed E-state index contributed by atoms with van der Waals surface area (Å²) in [7, 11) is -11.9. The van der Waals surface area contributed by atoms with E-state index in [-0.39, 0.29) is 37.2 Å². The second kappa shape index (κ2) is 10.7. The molecule has 14 heteroatoms. The zero-order valence-electron chi connectivity index (χ0n) is 22.1. The Kier molecular flexibility index (Phi) is 7.39. The molecule has 0 aliphatic heterocycles. The highest BCUT2D eigenvalue weighted by Gasteiger charge is 2.24. The number of fused-ring (bicyclic) bond motifs is 1. The Hall–Kier alpha value is -4.53. The van der Waals surface area contributed by atoms with E-state index in [1.54, 1.807) is 36.4 Å². The van der Waals surface area contributed by atoms with Crippen LogP contribution in [0.4, 0.5) is 5.82 Å². The molecule has 4 aromatic carbocycles. The van der Waals surface area contributed by atoms with Crippen LogP contribution in [0.2, 0.25) is 0 Å². The number of carbonyl (C=O) groups is 1. The molecule has 0 spiro atoms. The highest BCUT2D eigenvalue weighted by molar-refractivity contribution is 7.91. The van der Waals surface area contributed by atoms with Crippen LogP contribution in [-0.4, -0.2) is 53.9 Å². The van der Waals surface area contributed by atoms with Crippen LogP contribution >= 0.6 is 0 Å². The molecule has 1 amide bonds. The fourth-order valence-electron chi connectivity index (χ4n) is 4.34. The number of hydrogen-bond donors (Lipinski definition) is 2. The first-order valence-electron chi connectivity index (χ1n) is 12.2. The zero-order chi connectivity index (χ0) is 30.3. The molecule has 0 aliphatic rings. The summed E-state index contributed by atoms with van der Waals surface area (Å²) in [5, 5.41) is 9.72. The van der Waals surface area contributed by atoms with E-state index in [1.165, 1.54) is 54.6 Å².